The van der Waals surface area contributed by atoms with Crippen molar-refractivity contribution in [2.24, 2.45) is 0 Å². The number of alkyl halides is 3. The van der Waals surface area contributed by atoms with Crippen molar-refractivity contribution >= 4 is 35.0 Å². The second-order valence-electron chi connectivity index (χ2n) is 2.80. The molecule has 1 aromatic carbocycles. The molecule has 0 aliphatic rings. The molecule has 0 saturated heterocycles. The molecule has 1 heterocycles. The van der Waals surface area contributed by atoms with Crippen molar-refractivity contribution < 1.29 is 8.78 Å². The molecule has 0 spiro atoms. The topological polar surface area (TPSA) is 17.8 Å². The lowest BCUT2D eigenvalue weighted by molar-refractivity contribution is 0.0722. The first-order valence-corrected chi connectivity index (χ1v) is 4.57. The van der Waals surface area contributed by atoms with Crippen molar-refractivity contribution in [3.8, 4) is 0 Å². The molecule has 0 radical (unpaired) electrons. The van der Waals surface area contributed by atoms with Crippen LogP contribution < -0.4 is 0 Å². The van der Waals surface area contributed by atoms with E-state index in [1.165, 1.54) is 0 Å². The molecule has 15 heavy (non-hydrogen) atoms. The second-order valence-corrected chi connectivity index (χ2v) is 3.07. The van der Waals surface area contributed by atoms with Gasteiger partial charge < -0.3 is 0 Å². The lowest BCUT2D eigenvalue weighted by atomic mass is 10.3. The smallest absolute Gasteiger partial charge is 0.269 e. The van der Waals surface area contributed by atoms with Crippen LogP contribution in [0.3, 0.4) is 0 Å². The summed E-state index contributed by atoms with van der Waals surface area (Å²) in [6.45, 7) is -2.60. The van der Waals surface area contributed by atoms with Crippen molar-refractivity contribution in [2.75, 3.05) is 0 Å². The maximum Gasteiger partial charge on any atom is 0.320 e. The number of rotatable bonds is 2. The van der Waals surface area contributed by atoms with Crippen LogP contribution in [-0.4, -0.2) is 9.55 Å². The van der Waals surface area contributed by atoms with Crippen molar-refractivity contribution in [3.05, 3.63) is 30.1 Å². The van der Waals surface area contributed by atoms with E-state index >= 15 is 0 Å². The minimum absolute atomic E-state index is 0. The summed E-state index contributed by atoms with van der Waals surface area (Å²) in [4.78, 5) is 4.00. The van der Waals surface area contributed by atoms with E-state index in [2.05, 4.69) is 4.98 Å². The van der Waals surface area contributed by atoms with Crippen molar-refractivity contribution in [2.45, 2.75) is 12.4 Å². The fourth-order valence-electron chi connectivity index (χ4n) is 1.41. The van der Waals surface area contributed by atoms with Crippen LogP contribution in [0.2, 0.25) is 0 Å². The van der Waals surface area contributed by atoms with Gasteiger partial charge in [-0.15, -0.1) is 24.0 Å². The Hall–Kier alpha value is -0.870. The van der Waals surface area contributed by atoms with Gasteiger partial charge in [0.05, 0.1) is 16.9 Å². The quantitative estimate of drug-likeness (QED) is 0.748. The second kappa shape index (κ2) is 4.77. The number of benzene rings is 1. The van der Waals surface area contributed by atoms with Crippen LogP contribution >= 0.6 is 24.0 Å². The Balaban J connectivity index is 0.00000112. The fraction of sp³-hybridized carbons (Fsp3) is 0.222. The molecule has 1 aromatic heterocycles. The summed E-state index contributed by atoms with van der Waals surface area (Å²) in [5.74, 6) is 0.182. The van der Waals surface area contributed by atoms with E-state index in [0.717, 1.165) is 4.57 Å². The number of halogens is 4. The summed E-state index contributed by atoms with van der Waals surface area (Å²) in [7, 11) is 0. The minimum atomic E-state index is -2.60. The molecule has 82 valence electrons. The Morgan fingerprint density at radius 2 is 2.00 bits per heavy atom. The zero-order chi connectivity index (χ0) is 10.1. The summed E-state index contributed by atoms with van der Waals surface area (Å²) >= 11 is 5.53. The fourth-order valence-corrected chi connectivity index (χ4v) is 1.59. The molecule has 0 bridgehead atoms. The Bertz CT molecular complexity index is 456. The van der Waals surface area contributed by atoms with E-state index in [4.69, 9.17) is 11.6 Å². The van der Waals surface area contributed by atoms with Crippen LogP contribution in [0.1, 0.15) is 12.4 Å². The number of hydrogen-bond donors (Lipinski definition) is 0. The molecule has 2 rings (SSSR count). The van der Waals surface area contributed by atoms with Crippen molar-refractivity contribution in [1.29, 1.82) is 0 Å². The van der Waals surface area contributed by atoms with Crippen LogP contribution in [0.4, 0.5) is 8.78 Å². The zero-order valence-corrected chi connectivity index (χ0v) is 9.10. The van der Waals surface area contributed by atoms with Crippen LogP contribution in [0.15, 0.2) is 24.3 Å². The molecule has 0 unspecified atom stereocenters. The molecular weight excluding hydrogens is 245 g/mol. The number of aromatic nitrogens is 2. The van der Waals surface area contributed by atoms with Crippen LogP contribution in [0, 0.1) is 0 Å². The molecule has 0 N–H and O–H groups in total. The van der Waals surface area contributed by atoms with E-state index in [9.17, 15) is 8.78 Å². The standard InChI is InChI=1S/C9H7ClF2N2.ClH/c10-5-8-13-6-3-1-2-4-7(6)14(8)9(11)12;/h1-4,9H,5H2;1H. The molecule has 0 amide bonds. The first-order chi connectivity index (χ1) is 6.74. The van der Waals surface area contributed by atoms with Gasteiger partial charge in [0.1, 0.15) is 5.82 Å². The highest BCUT2D eigenvalue weighted by atomic mass is 35.5. The summed E-state index contributed by atoms with van der Waals surface area (Å²) in [6.07, 6.45) is 0. The normalized spacial score (nSPS) is 10.7. The number of para-hydroxylation sites is 2. The predicted octanol–water partition coefficient (Wildman–Crippen LogP) is 3.59. The summed E-state index contributed by atoms with van der Waals surface area (Å²) in [5, 5.41) is 0. The van der Waals surface area contributed by atoms with E-state index in [1.54, 1.807) is 24.3 Å². The van der Waals surface area contributed by atoms with E-state index in [0.29, 0.717) is 11.0 Å². The van der Waals surface area contributed by atoms with E-state index < -0.39 is 6.55 Å². The zero-order valence-electron chi connectivity index (χ0n) is 7.53. The van der Waals surface area contributed by atoms with Gasteiger partial charge in [-0.3, -0.25) is 4.57 Å². The molecule has 0 aliphatic carbocycles. The Kier molecular flexibility index (Phi) is 3.88. The third-order valence-corrected chi connectivity index (χ3v) is 2.22. The van der Waals surface area contributed by atoms with Gasteiger partial charge in [0.2, 0.25) is 0 Å². The monoisotopic (exact) mass is 252 g/mol. The molecule has 2 aromatic rings. The summed E-state index contributed by atoms with van der Waals surface area (Å²) < 4.78 is 26.1. The largest absolute Gasteiger partial charge is 0.320 e. The van der Waals surface area contributed by atoms with Gasteiger partial charge in [-0.2, -0.15) is 8.78 Å². The average Bonchev–Trinajstić information content (AvgIpc) is 2.55. The van der Waals surface area contributed by atoms with E-state index in [1.807, 2.05) is 0 Å². The molecule has 0 fully saturated rings. The van der Waals surface area contributed by atoms with Gasteiger partial charge in [-0.1, -0.05) is 12.1 Å². The SMILES string of the molecule is Cl.FC(F)n1c(CCl)nc2ccccc21. The molecule has 6 heteroatoms. The molecule has 0 saturated carbocycles. The van der Waals surface area contributed by atoms with Gasteiger partial charge in [0, 0.05) is 0 Å². The Morgan fingerprint density at radius 1 is 1.33 bits per heavy atom. The maximum absolute atomic E-state index is 12.6. The Labute approximate surface area is 96.3 Å². The van der Waals surface area contributed by atoms with Crippen LogP contribution in [0.5, 0.6) is 0 Å². The first kappa shape index (κ1) is 12.2. The third-order valence-electron chi connectivity index (χ3n) is 1.98. The van der Waals surface area contributed by atoms with Gasteiger partial charge in [0.15, 0.2) is 0 Å². The van der Waals surface area contributed by atoms with Gasteiger partial charge in [-0.05, 0) is 12.1 Å². The summed E-state index contributed by atoms with van der Waals surface area (Å²) in [5.41, 5.74) is 0.960. The highest BCUT2D eigenvalue weighted by Crippen LogP contribution is 2.23. The van der Waals surface area contributed by atoms with Gasteiger partial charge >= 0.3 is 6.55 Å². The van der Waals surface area contributed by atoms with Crippen LogP contribution in [-0.2, 0) is 5.88 Å². The molecule has 2 nitrogen and oxygen atoms in total. The lowest BCUT2D eigenvalue weighted by Crippen LogP contribution is -2.02. The highest BCUT2D eigenvalue weighted by Gasteiger charge is 2.15. The third kappa shape index (κ3) is 2.06. The van der Waals surface area contributed by atoms with Crippen LogP contribution in [0.25, 0.3) is 11.0 Å². The number of hydrogen-bond acceptors (Lipinski definition) is 1. The molecule has 0 aliphatic heterocycles. The molecule has 0 atom stereocenters. The first-order valence-electron chi connectivity index (χ1n) is 4.04. The lowest BCUT2D eigenvalue weighted by Gasteiger charge is -2.04. The van der Waals surface area contributed by atoms with Gasteiger partial charge in [-0.25, -0.2) is 4.98 Å². The predicted molar refractivity (Wildman–Crippen MR) is 57.8 cm³/mol. The number of fused-ring (bicyclic) bond motifs is 1. The van der Waals surface area contributed by atoms with Gasteiger partial charge in [0.25, 0.3) is 0 Å². The van der Waals surface area contributed by atoms with Crippen molar-refractivity contribution in [1.82, 2.24) is 9.55 Å². The maximum atomic E-state index is 12.6. The van der Waals surface area contributed by atoms with Crippen molar-refractivity contribution in [3.63, 3.8) is 0 Å². The average molecular weight is 253 g/mol. The molecular formula is C9H8Cl2F2N2. The highest BCUT2D eigenvalue weighted by molar-refractivity contribution is 6.16. The minimum Gasteiger partial charge on any atom is -0.269 e. The van der Waals surface area contributed by atoms with E-state index in [-0.39, 0.29) is 24.1 Å². The Morgan fingerprint density at radius 3 is 2.60 bits per heavy atom. The number of imidazole rings is 1. The number of nitrogens with zero attached hydrogens (tertiary/aromatic N) is 2. The summed E-state index contributed by atoms with van der Waals surface area (Å²) in [6, 6.07) is 6.73.